The maximum absolute atomic E-state index is 11.3. The smallest absolute Gasteiger partial charge is 0.311 e. The lowest BCUT2D eigenvalue weighted by Gasteiger charge is -2.20. The molecular formula is C10H20O3. The van der Waals surface area contributed by atoms with Gasteiger partial charge >= 0.3 is 5.97 Å². The Labute approximate surface area is 80.1 Å². The largest absolute Gasteiger partial charge is 0.465 e. The Morgan fingerprint density at radius 3 is 2.15 bits per heavy atom. The van der Waals surface area contributed by atoms with E-state index in [9.17, 15) is 4.79 Å². The second-order valence-electron chi connectivity index (χ2n) is 4.57. The van der Waals surface area contributed by atoms with Crippen molar-refractivity contribution in [1.82, 2.24) is 0 Å². The van der Waals surface area contributed by atoms with Gasteiger partial charge in [-0.2, -0.15) is 0 Å². The van der Waals surface area contributed by atoms with Gasteiger partial charge in [-0.15, -0.1) is 0 Å². The van der Waals surface area contributed by atoms with Crippen molar-refractivity contribution in [3.8, 4) is 0 Å². The zero-order valence-corrected chi connectivity index (χ0v) is 9.13. The van der Waals surface area contributed by atoms with Crippen LogP contribution in [0.3, 0.4) is 0 Å². The average molecular weight is 188 g/mol. The minimum Gasteiger partial charge on any atom is -0.465 e. The van der Waals surface area contributed by atoms with E-state index in [0.29, 0.717) is 0 Å². The normalized spacial score (nSPS) is 16.5. The highest BCUT2D eigenvalue weighted by Gasteiger charge is 2.24. The Kier molecular flexibility index (Phi) is 4.40. The van der Waals surface area contributed by atoms with Crippen molar-refractivity contribution >= 4 is 5.97 Å². The van der Waals surface area contributed by atoms with Gasteiger partial charge in [0.25, 0.3) is 0 Å². The molecule has 0 saturated heterocycles. The van der Waals surface area contributed by atoms with Gasteiger partial charge in [-0.25, -0.2) is 0 Å². The van der Waals surface area contributed by atoms with Crippen LogP contribution in [0.15, 0.2) is 0 Å². The summed E-state index contributed by atoms with van der Waals surface area (Å²) in [5.41, 5.74) is -0.460. The zero-order valence-electron chi connectivity index (χ0n) is 9.13. The summed E-state index contributed by atoms with van der Waals surface area (Å²) >= 11 is 0. The molecule has 3 nitrogen and oxygen atoms in total. The Hall–Kier alpha value is -0.570. The first-order valence-electron chi connectivity index (χ1n) is 4.60. The molecule has 0 radical (unpaired) electrons. The van der Waals surface area contributed by atoms with E-state index in [4.69, 9.17) is 9.84 Å². The van der Waals surface area contributed by atoms with Gasteiger partial charge in [0.05, 0.1) is 18.1 Å². The lowest BCUT2D eigenvalue weighted by atomic mass is 9.97. The van der Waals surface area contributed by atoms with Gasteiger partial charge in [0.1, 0.15) is 0 Å². The molecule has 1 N–H and O–H groups in total. The third-order valence-corrected chi connectivity index (χ3v) is 1.91. The number of hydrogen-bond acceptors (Lipinski definition) is 3. The topological polar surface area (TPSA) is 46.5 Å². The third-order valence-electron chi connectivity index (χ3n) is 1.91. The summed E-state index contributed by atoms with van der Waals surface area (Å²) in [6, 6.07) is 0. The fourth-order valence-electron chi connectivity index (χ4n) is 0.563. The van der Waals surface area contributed by atoms with Gasteiger partial charge in [-0.05, 0) is 27.7 Å². The molecule has 0 bridgehead atoms. The molecule has 0 fully saturated rings. The second-order valence-corrected chi connectivity index (χ2v) is 4.57. The highest BCUT2D eigenvalue weighted by molar-refractivity contribution is 5.75. The molecule has 2 unspecified atom stereocenters. The number of aliphatic hydroxyl groups excluding tert-OH is 1. The van der Waals surface area contributed by atoms with Gasteiger partial charge in [0.2, 0.25) is 0 Å². The first-order valence-corrected chi connectivity index (χ1v) is 4.60. The molecule has 0 aliphatic carbocycles. The van der Waals surface area contributed by atoms with Crippen LogP contribution in [0.1, 0.15) is 34.6 Å². The SMILES string of the molecule is CC(O)C(C)COC(=O)C(C)(C)C. The minimum absolute atomic E-state index is 0.00806. The summed E-state index contributed by atoms with van der Waals surface area (Å²) in [7, 11) is 0. The van der Waals surface area contributed by atoms with Crippen LogP contribution in [0.25, 0.3) is 0 Å². The lowest BCUT2D eigenvalue weighted by Crippen LogP contribution is -2.27. The Morgan fingerprint density at radius 2 is 1.85 bits per heavy atom. The van der Waals surface area contributed by atoms with E-state index in [1.54, 1.807) is 6.92 Å². The van der Waals surface area contributed by atoms with Gasteiger partial charge in [-0.3, -0.25) is 4.79 Å². The van der Waals surface area contributed by atoms with Crippen molar-refractivity contribution in [1.29, 1.82) is 0 Å². The molecule has 78 valence electrons. The number of carbonyl (C=O) groups excluding carboxylic acids is 1. The molecular weight excluding hydrogens is 168 g/mol. The van der Waals surface area contributed by atoms with E-state index in [-0.39, 0.29) is 18.5 Å². The van der Waals surface area contributed by atoms with Crippen LogP contribution < -0.4 is 0 Å². The zero-order chi connectivity index (χ0) is 10.6. The predicted molar refractivity (Wildman–Crippen MR) is 51.3 cm³/mol. The van der Waals surface area contributed by atoms with Crippen LogP contribution in [-0.4, -0.2) is 23.8 Å². The van der Waals surface area contributed by atoms with Crippen molar-refractivity contribution in [2.24, 2.45) is 11.3 Å². The lowest BCUT2D eigenvalue weighted by molar-refractivity contribution is -0.155. The van der Waals surface area contributed by atoms with Crippen molar-refractivity contribution in [2.75, 3.05) is 6.61 Å². The van der Waals surface area contributed by atoms with E-state index in [1.807, 2.05) is 27.7 Å². The number of hydrogen-bond donors (Lipinski definition) is 1. The highest BCUT2D eigenvalue weighted by atomic mass is 16.5. The summed E-state index contributed by atoms with van der Waals surface area (Å²) in [6.07, 6.45) is -0.437. The second kappa shape index (κ2) is 4.61. The first kappa shape index (κ1) is 12.4. The number of rotatable bonds is 3. The average Bonchev–Trinajstić information content (AvgIpc) is 1.97. The van der Waals surface area contributed by atoms with Crippen molar-refractivity contribution in [2.45, 2.75) is 40.7 Å². The van der Waals surface area contributed by atoms with Gasteiger partial charge in [0.15, 0.2) is 0 Å². The summed E-state index contributed by atoms with van der Waals surface area (Å²) in [5, 5.41) is 9.15. The third kappa shape index (κ3) is 4.88. The quantitative estimate of drug-likeness (QED) is 0.684. The molecule has 2 atom stereocenters. The van der Waals surface area contributed by atoms with Crippen molar-refractivity contribution < 1.29 is 14.6 Å². The molecule has 0 spiro atoms. The van der Waals surface area contributed by atoms with E-state index < -0.39 is 11.5 Å². The molecule has 3 heteroatoms. The Balaban J connectivity index is 3.84. The molecule has 0 aromatic rings. The number of aliphatic hydroxyl groups is 1. The summed E-state index contributed by atoms with van der Waals surface area (Å²) in [6.45, 7) is 9.25. The molecule has 0 aliphatic heterocycles. The minimum atomic E-state index is -0.460. The standard InChI is InChI=1S/C10H20O3/c1-7(8(2)11)6-13-9(12)10(3,4)5/h7-8,11H,6H2,1-5H3. The van der Waals surface area contributed by atoms with Crippen LogP contribution >= 0.6 is 0 Å². The fourth-order valence-corrected chi connectivity index (χ4v) is 0.563. The summed E-state index contributed by atoms with van der Waals surface area (Å²) < 4.78 is 5.03. The van der Waals surface area contributed by atoms with Crippen molar-refractivity contribution in [3.63, 3.8) is 0 Å². The summed E-state index contributed by atoms with van der Waals surface area (Å²) in [5.74, 6) is -0.230. The predicted octanol–water partition coefficient (Wildman–Crippen LogP) is 1.59. The molecule has 0 heterocycles. The van der Waals surface area contributed by atoms with Gasteiger partial charge < -0.3 is 9.84 Å². The van der Waals surface area contributed by atoms with Crippen LogP contribution in [0.2, 0.25) is 0 Å². The van der Waals surface area contributed by atoms with E-state index in [2.05, 4.69) is 0 Å². The molecule has 0 aromatic carbocycles. The van der Waals surface area contributed by atoms with Crippen LogP contribution in [0, 0.1) is 11.3 Å². The maximum Gasteiger partial charge on any atom is 0.311 e. The molecule has 0 saturated carbocycles. The fraction of sp³-hybridized carbons (Fsp3) is 0.900. The Morgan fingerprint density at radius 1 is 1.38 bits per heavy atom. The van der Waals surface area contributed by atoms with Gasteiger partial charge in [0, 0.05) is 5.92 Å². The molecule has 0 aliphatic rings. The maximum atomic E-state index is 11.3. The highest BCUT2D eigenvalue weighted by Crippen LogP contribution is 2.16. The Bertz CT molecular complexity index is 167. The number of ether oxygens (including phenoxy) is 1. The molecule has 13 heavy (non-hydrogen) atoms. The van der Waals surface area contributed by atoms with Crippen LogP contribution in [0.4, 0.5) is 0 Å². The number of carbonyl (C=O) groups is 1. The molecule has 0 amide bonds. The molecule has 0 rings (SSSR count). The van der Waals surface area contributed by atoms with E-state index >= 15 is 0 Å². The van der Waals surface area contributed by atoms with Crippen LogP contribution in [0.5, 0.6) is 0 Å². The van der Waals surface area contributed by atoms with Crippen molar-refractivity contribution in [3.05, 3.63) is 0 Å². The first-order chi connectivity index (χ1) is 5.75. The molecule has 0 aromatic heterocycles. The summed E-state index contributed by atoms with van der Waals surface area (Å²) in [4.78, 5) is 11.3. The number of esters is 1. The monoisotopic (exact) mass is 188 g/mol. The van der Waals surface area contributed by atoms with Gasteiger partial charge in [-0.1, -0.05) is 6.92 Å². The van der Waals surface area contributed by atoms with Crippen LogP contribution in [-0.2, 0) is 9.53 Å². The van der Waals surface area contributed by atoms with E-state index in [0.717, 1.165) is 0 Å². The van der Waals surface area contributed by atoms with E-state index in [1.165, 1.54) is 0 Å².